The Hall–Kier alpha value is -4.31. The number of nitrogens with zero attached hydrogens (tertiary/aromatic N) is 2. The first-order valence-corrected chi connectivity index (χ1v) is 13.0. The number of aromatic amines is 1. The Kier molecular flexibility index (Phi) is 7.79. The van der Waals surface area contributed by atoms with Crippen LogP contribution in [0.1, 0.15) is 48.7 Å². The zero-order valence-electron chi connectivity index (χ0n) is 21.5. The van der Waals surface area contributed by atoms with E-state index in [0.29, 0.717) is 58.0 Å². The highest BCUT2D eigenvalue weighted by molar-refractivity contribution is 6.31. The Balaban J connectivity index is 1.53. The zero-order valence-corrected chi connectivity index (χ0v) is 22.2. The van der Waals surface area contributed by atoms with Crippen molar-refractivity contribution in [3.8, 4) is 22.4 Å². The number of anilines is 1. The Morgan fingerprint density at radius 3 is 2.80 bits per heavy atom. The normalized spacial score (nSPS) is 15.4. The number of ether oxygens (including phenoxy) is 1. The van der Waals surface area contributed by atoms with Crippen molar-refractivity contribution < 1.29 is 27.8 Å². The van der Waals surface area contributed by atoms with Crippen LogP contribution < -0.4 is 10.0 Å². The highest BCUT2D eigenvalue weighted by Crippen LogP contribution is 2.34. The lowest BCUT2D eigenvalue weighted by Crippen LogP contribution is -2.34. The van der Waals surface area contributed by atoms with Crippen molar-refractivity contribution in [1.82, 2.24) is 9.97 Å². The topological polar surface area (TPSA) is 111 Å². The number of halogens is 3. The lowest BCUT2D eigenvalue weighted by atomic mass is 9.95. The summed E-state index contributed by atoms with van der Waals surface area (Å²) in [5.74, 6) is -2.29. The molecule has 1 amide bonds. The fourth-order valence-electron chi connectivity index (χ4n) is 4.90. The van der Waals surface area contributed by atoms with Gasteiger partial charge in [-0.15, -0.1) is 0 Å². The largest absolute Gasteiger partial charge is 0.618 e. The molecule has 0 aliphatic carbocycles. The Morgan fingerprint density at radius 2 is 2.02 bits per heavy atom. The van der Waals surface area contributed by atoms with Crippen molar-refractivity contribution in [3.63, 3.8) is 0 Å². The van der Waals surface area contributed by atoms with Gasteiger partial charge in [0.1, 0.15) is 17.6 Å². The van der Waals surface area contributed by atoms with Gasteiger partial charge in [-0.05, 0) is 42.7 Å². The molecule has 1 aliphatic rings. The maximum absolute atomic E-state index is 14.6. The molecule has 0 fully saturated rings. The van der Waals surface area contributed by atoms with E-state index in [0.717, 1.165) is 18.3 Å². The first-order valence-electron chi connectivity index (χ1n) is 12.7. The third-order valence-electron chi connectivity index (χ3n) is 6.93. The smallest absolute Gasteiger partial charge is 0.309 e. The highest BCUT2D eigenvalue weighted by atomic mass is 35.5. The summed E-state index contributed by atoms with van der Waals surface area (Å²) in [5, 5.41) is 15.9. The molecule has 2 aromatic heterocycles. The molecule has 1 unspecified atom stereocenters. The number of carbonyl (C=O) groups is 2. The summed E-state index contributed by atoms with van der Waals surface area (Å²) < 4.78 is 34.4. The Morgan fingerprint density at radius 1 is 1.20 bits per heavy atom. The number of H-pyrrole nitrogens is 1. The molecule has 1 aliphatic heterocycles. The van der Waals surface area contributed by atoms with E-state index in [1.54, 1.807) is 24.4 Å². The number of hydrogen-bond acceptors (Lipinski definition) is 5. The Labute approximate surface area is 233 Å². The maximum Gasteiger partial charge on any atom is 0.309 e. The second-order valence-electron chi connectivity index (χ2n) is 9.55. The van der Waals surface area contributed by atoms with Crippen LogP contribution in [0.25, 0.3) is 22.4 Å². The van der Waals surface area contributed by atoms with Crippen LogP contribution in [0, 0.1) is 16.8 Å². The predicted octanol–water partition coefficient (Wildman–Crippen LogP) is 5.67. The van der Waals surface area contributed by atoms with E-state index < -0.39 is 23.5 Å². The highest BCUT2D eigenvalue weighted by Gasteiger charge is 2.27. The van der Waals surface area contributed by atoms with Crippen molar-refractivity contribution >= 4 is 29.2 Å². The van der Waals surface area contributed by atoms with E-state index in [1.165, 1.54) is 19.2 Å². The summed E-state index contributed by atoms with van der Waals surface area (Å²) in [5.41, 5.74) is 2.48. The molecule has 2 bridgehead atoms. The summed E-state index contributed by atoms with van der Waals surface area (Å²) in [6.07, 6.45) is 4.73. The number of imidazole rings is 1. The minimum Gasteiger partial charge on any atom is -0.618 e. The van der Waals surface area contributed by atoms with Gasteiger partial charge in [0.25, 0.3) is 0 Å². The summed E-state index contributed by atoms with van der Waals surface area (Å²) in [6, 6.07) is 10.5. The van der Waals surface area contributed by atoms with Crippen LogP contribution in [0.3, 0.4) is 0 Å². The SMILES string of the molecule is COC(=O)Cc1ccc2c(c1)NC(=O)CCCCC(c1ccc(-c3c(F)ccc(Cl)c3F)c[n+]1[O-])c1ncc-2[nH]1. The van der Waals surface area contributed by atoms with Gasteiger partial charge in [0.2, 0.25) is 11.6 Å². The zero-order chi connectivity index (χ0) is 28.4. The molecule has 8 nitrogen and oxygen atoms in total. The molecule has 5 rings (SSSR count). The van der Waals surface area contributed by atoms with Gasteiger partial charge in [-0.1, -0.05) is 30.2 Å². The quantitative estimate of drug-likeness (QED) is 0.143. The summed E-state index contributed by atoms with van der Waals surface area (Å²) in [6.45, 7) is 0. The number of amides is 1. The molecule has 206 valence electrons. The molecule has 0 radical (unpaired) electrons. The lowest BCUT2D eigenvalue weighted by Gasteiger charge is -2.17. The standard InChI is InChI=1S/C29H25ClF2N4O4/c1-40-26(38)13-16-6-8-18-22(12-16)34-25(37)5-3-2-4-19(29-33-14-23(18)35-29)24-11-7-17(15-36(24)39)27-21(31)10-9-20(30)28(27)32/h6-12,14-15,19H,2-5,13H2,1H3,(H,33,35)(H,34,37). The van der Waals surface area contributed by atoms with Crippen molar-refractivity contribution in [2.45, 2.75) is 38.0 Å². The number of fused-ring (bicyclic) bond motifs is 4. The molecule has 1 atom stereocenters. The fourth-order valence-corrected chi connectivity index (χ4v) is 5.06. The van der Waals surface area contributed by atoms with E-state index in [-0.39, 0.29) is 34.9 Å². The summed E-state index contributed by atoms with van der Waals surface area (Å²) in [7, 11) is 1.31. The van der Waals surface area contributed by atoms with Gasteiger partial charge >= 0.3 is 5.97 Å². The molecule has 0 saturated carbocycles. The minimum atomic E-state index is -0.942. The molecule has 3 heterocycles. The third-order valence-corrected chi connectivity index (χ3v) is 7.22. The van der Waals surface area contributed by atoms with Crippen molar-refractivity contribution in [1.29, 1.82) is 0 Å². The number of methoxy groups -OCH3 is 1. The van der Waals surface area contributed by atoms with Crippen LogP contribution in [-0.2, 0) is 20.7 Å². The van der Waals surface area contributed by atoms with Gasteiger partial charge in [-0.3, -0.25) is 9.59 Å². The second kappa shape index (κ2) is 11.4. The molecule has 40 heavy (non-hydrogen) atoms. The number of rotatable bonds is 4. The number of carbonyl (C=O) groups excluding carboxylic acids is 2. The maximum atomic E-state index is 14.6. The van der Waals surface area contributed by atoms with Gasteiger partial charge in [-0.25, -0.2) is 13.8 Å². The van der Waals surface area contributed by atoms with Crippen molar-refractivity contribution in [2.75, 3.05) is 12.4 Å². The first-order chi connectivity index (χ1) is 19.2. The number of esters is 1. The van der Waals surface area contributed by atoms with Crippen LogP contribution in [0.2, 0.25) is 5.02 Å². The van der Waals surface area contributed by atoms with Gasteiger partial charge < -0.3 is 20.2 Å². The molecule has 0 saturated heterocycles. The molecule has 4 aromatic rings. The monoisotopic (exact) mass is 566 g/mol. The minimum absolute atomic E-state index is 0.0536. The van der Waals surface area contributed by atoms with E-state index >= 15 is 0 Å². The summed E-state index contributed by atoms with van der Waals surface area (Å²) in [4.78, 5) is 32.3. The number of aromatic nitrogens is 3. The molecule has 11 heteroatoms. The van der Waals surface area contributed by atoms with E-state index in [4.69, 9.17) is 16.3 Å². The van der Waals surface area contributed by atoms with Gasteiger partial charge in [0, 0.05) is 18.1 Å². The lowest BCUT2D eigenvalue weighted by molar-refractivity contribution is -0.614. The van der Waals surface area contributed by atoms with Crippen LogP contribution in [0.4, 0.5) is 14.5 Å². The molecular weight excluding hydrogens is 542 g/mol. The number of benzene rings is 2. The molecular formula is C29H25ClF2N4O4. The number of pyridine rings is 1. The third kappa shape index (κ3) is 5.53. The predicted molar refractivity (Wildman–Crippen MR) is 144 cm³/mol. The van der Waals surface area contributed by atoms with Crippen LogP contribution >= 0.6 is 11.6 Å². The van der Waals surface area contributed by atoms with E-state index in [1.807, 2.05) is 0 Å². The number of nitrogens with one attached hydrogen (secondary N) is 2. The fraction of sp³-hybridized carbons (Fsp3) is 0.241. The van der Waals surface area contributed by atoms with Gasteiger partial charge in [0.05, 0.1) is 47.3 Å². The Bertz CT molecular complexity index is 1610. The van der Waals surface area contributed by atoms with Crippen LogP contribution in [0.5, 0.6) is 0 Å². The molecule has 2 N–H and O–H groups in total. The average Bonchev–Trinajstić information content (AvgIpc) is 3.41. The van der Waals surface area contributed by atoms with Gasteiger partial charge in [-0.2, -0.15) is 4.73 Å². The molecule has 2 aromatic carbocycles. The van der Waals surface area contributed by atoms with Crippen LogP contribution in [0.15, 0.2) is 54.9 Å². The second-order valence-corrected chi connectivity index (χ2v) is 9.96. The van der Waals surface area contributed by atoms with Crippen molar-refractivity contribution in [2.24, 2.45) is 0 Å². The van der Waals surface area contributed by atoms with Gasteiger partial charge in [0.15, 0.2) is 12.0 Å². The average molecular weight is 567 g/mol. The summed E-state index contributed by atoms with van der Waals surface area (Å²) >= 11 is 5.84. The molecule has 0 spiro atoms. The number of hydrogen-bond donors (Lipinski definition) is 2. The van der Waals surface area contributed by atoms with Crippen LogP contribution in [-0.4, -0.2) is 29.0 Å². The first kappa shape index (κ1) is 27.3. The van der Waals surface area contributed by atoms with Crippen molar-refractivity contribution in [3.05, 3.63) is 93.8 Å². The van der Waals surface area contributed by atoms with E-state index in [9.17, 15) is 23.6 Å². The van der Waals surface area contributed by atoms with E-state index in [2.05, 4.69) is 15.3 Å².